The van der Waals surface area contributed by atoms with Crippen LogP contribution in [-0.2, 0) is 6.54 Å². The van der Waals surface area contributed by atoms with Crippen LogP contribution in [0.15, 0.2) is 36.7 Å². The van der Waals surface area contributed by atoms with Crippen LogP contribution in [-0.4, -0.2) is 40.4 Å². The summed E-state index contributed by atoms with van der Waals surface area (Å²) in [5.41, 5.74) is 2.06. The fourth-order valence-electron chi connectivity index (χ4n) is 2.59. The average molecular weight is 311 g/mol. The van der Waals surface area contributed by atoms with Crippen LogP contribution in [0.4, 0.5) is 4.39 Å². The lowest BCUT2D eigenvalue weighted by Gasteiger charge is -2.31. The molecule has 1 atom stereocenters. The number of hydrogen-bond donors (Lipinski definition) is 1. The highest BCUT2D eigenvalue weighted by Crippen LogP contribution is 2.12. The Labute approximate surface area is 130 Å². The van der Waals surface area contributed by atoms with Crippen LogP contribution >= 0.6 is 12.4 Å². The molecule has 1 aliphatic heterocycles. The zero-order valence-electron chi connectivity index (χ0n) is 12.0. The predicted octanol–water partition coefficient (Wildman–Crippen LogP) is 2.23. The standard InChI is InChI=1S/C15H19FN4.ClH/c1-12-9-19(7-6-17-12)10-13-8-18-20(11-13)15-4-2-14(16)3-5-15;/h2-5,8,11-12,17H,6-7,9-10H2,1H3;1H/t12-;/m1./s1. The number of benzene rings is 1. The maximum atomic E-state index is 12.9. The summed E-state index contributed by atoms with van der Waals surface area (Å²) >= 11 is 0. The van der Waals surface area contributed by atoms with Gasteiger partial charge in [-0.2, -0.15) is 5.10 Å². The molecule has 114 valence electrons. The molecular weight excluding hydrogens is 291 g/mol. The summed E-state index contributed by atoms with van der Waals surface area (Å²) in [5, 5.41) is 7.79. The third-order valence-corrected chi connectivity index (χ3v) is 3.59. The molecule has 0 bridgehead atoms. The van der Waals surface area contributed by atoms with E-state index in [1.54, 1.807) is 16.8 Å². The van der Waals surface area contributed by atoms with Crippen molar-refractivity contribution in [1.29, 1.82) is 0 Å². The first kappa shape index (κ1) is 15.9. The summed E-state index contributed by atoms with van der Waals surface area (Å²) in [4.78, 5) is 2.42. The largest absolute Gasteiger partial charge is 0.312 e. The Morgan fingerprint density at radius 2 is 2.10 bits per heavy atom. The van der Waals surface area contributed by atoms with Gasteiger partial charge in [0.25, 0.3) is 0 Å². The van der Waals surface area contributed by atoms with Gasteiger partial charge in [0.15, 0.2) is 0 Å². The molecule has 0 amide bonds. The molecule has 0 spiro atoms. The van der Waals surface area contributed by atoms with Crippen LogP contribution in [0.2, 0.25) is 0 Å². The van der Waals surface area contributed by atoms with Crippen molar-refractivity contribution in [3.8, 4) is 5.69 Å². The molecule has 0 unspecified atom stereocenters. The van der Waals surface area contributed by atoms with E-state index in [2.05, 4.69) is 22.2 Å². The number of aromatic nitrogens is 2. The molecule has 0 aliphatic carbocycles. The molecule has 1 N–H and O–H groups in total. The van der Waals surface area contributed by atoms with Crippen molar-refractivity contribution in [3.63, 3.8) is 0 Å². The highest BCUT2D eigenvalue weighted by atomic mass is 35.5. The summed E-state index contributed by atoms with van der Waals surface area (Å²) in [5.74, 6) is -0.226. The normalized spacial score (nSPS) is 19.2. The van der Waals surface area contributed by atoms with Crippen molar-refractivity contribution in [2.45, 2.75) is 19.5 Å². The lowest BCUT2D eigenvalue weighted by molar-refractivity contribution is 0.199. The second-order valence-corrected chi connectivity index (χ2v) is 5.36. The Bertz CT molecular complexity index is 569. The Morgan fingerprint density at radius 3 is 2.81 bits per heavy atom. The smallest absolute Gasteiger partial charge is 0.123 e. The number of halogens is 2. The second-order valence-electron chi connectivity index (χ2n) is 5.36. The second kappa shape index (κ2) is 7.02. The van der Waals surface area contributed by atoms with Crippen molar-refractivity contribution >= 4 is 12.4 Å². The number of hydrogen-bond acceptors (Lipinski definition) is 3. The van der Waals surface area contributed by atoms with Gasteiger partial charge in [0, 0.05) is 44.0 Å². The van der Waals surface area contributed by atoms with Gasteiger partial charge in [0.2, 0.25) is 0 Å². The molecule has 1 fully saturated rings. The molecule has 21 heavy (non-hydrogen) atoms. The van der Waals surface area contributed by atoms with Gasteiger partial charge < -0.3 is 5.32 Å². The van der Waals surface area contributed by atoms with Gasteiger partial charge in [0.1, 0.15) is 5.82 Å². The van der Waals surface area contributed by atoms with Crippen LogP contribution in [0.3, 0.4) is 0 Å². The first-order valence-electron chi connectivity index (χ1n) is 6.96. The van der Waals surface area contributed by atoms with Gasteiger partial charge in [0.05, 0.1) is 11.9 Å². The maximum absolute atomic E-state index is 12.9. The zero-order valence-corrected chi connectivity index (χ0v) is 12.8. The number of rotatable bonds is 3. The summed E-state index contributed by atoms with van der Waals surface area (Å²) in [7, 11) is 0. The highest BCUT2D eigenvalue weighted by molar-refractivity contribution is 5.85. The van der Waals surface area contributed by atoms with E-state index in [0.717, 1.165) is 31.9 Å². The van der Waals surface area contributed by atoms with Gasteiger partial charge in [-0.3, -0.25) is 4.90 Å². The summed E-state index contributed by atoms with van der Waals surface area (Å²) < 4.78 is 14.7. The van der Waals surface area contributed by atoms with Gasteiger partial charge in [-0.15, -0.1) is 12.4 Å². The summed E-state index contributed by atoms with van der Waals surface area (Å²) in [6.45, 7) is 6.27. The number of nitrogens with one attached hydrogen (secondary N) is 1. The SMILES string of the molecule is C[C@@H]1CN(Cc2cnn(-c3ccc(F)cc3)c2)CCN1.Cl. The Kier molecular flexibility index (Phi) is 5.33. The van der Waals surface area contributed by atoms with Crippen LogP contribution in [0.5, 0.6) is 0 Å². The predicted molar refractivity (Wildman–Crippen MR) is 83.5 cm³/mol. The zero-order chi connectivity index (χ0) is 13.9. The molecule has 2 aromatic rings. The minimum absolute atomic E-state index is 0. The highest BCUT2D eigenvalue weighted by Gasteiger charge is 2.16. The summed E-state index contributed by atoms with van der Waals surface area (Å²) in [6, 6.07) is 6.91. The van der Waals surface area contributed by atoms with Gasteiger partial charge in [-0.05, 0) is 31.2 Å². The monoisotopic (exact) mass is 310 g/mol. The first-order valence-corrected chi connectivity index (χ1v) is 6.96. The lowest BCUT2D eigenvalue weighted by Crippen LogP contribution is -2.48. The fraction of sp³-hybridized carbons (Fsp3) is 0.400. The molecule has 1 aromatic carbocycles. The van der Waals surface area contributed by atoms with Crippen molar-refractivity contribution in [3.05, 3.63) is 48.0 Å². The van der Waals surface area contributed by atoms with E-state index in [1.165, 1.54) is 17.7 Å². The maximum Gasteiger partial charge on any atom is 0.123 e. The molecule has 1 aromatic heterocycles. The Morgan fingerprint density at radius 1 is 1.33 bits per heavy atom. The average Bonchev–Trinajstić information content (AvgIpc) is 2.88. The quantitative estimate of drug-likeness (QED) is 0.944. The van der Waals surface area contributed by atoms with E-state index in [-0.39, 0.29) is 18.2 Å². The van der Waals surface area contributed by atoms with Crippen LogP contribution < -0.4 is 5.32 Å². The fourth-order valence-corrected chi connectivity index (χ4v) is 2.59. The minimum atomic E-state index is -0.226. The van der Waals surface area contributed by atoms with Crippen molar-refractivity contribution in [2.75, 3.05) is 19.6 Å². The molecule has 0 saturated carbocycles. The van der Waals surface area contributed by atoms with E-state index in [4.69, 9.17) is 0 Å². The van der Waals surface area contributed by atoms with E-state index in [1.807, 2.05) is 12.4 Å². The Balaban J connectivity index is 0.00000161. The molecule has 3 rings (SSSR count). The van der Waals surface area contributed by atoms with Crippen LogP contribution in [0.1, 0.15) is 12.5 Å². The van der Waals surface area contributed by atoms with E-state index >= 15 is 0 Å². The van der Waals surface area contributed by atoms with Crippen molar-refractivity contribution < 1.29 is 4.39 Å². The Hall–Kier alpha value is -1.43. The van der Waals surface area contributed by atoms with Crippen LogP contribution in [0, 0.1) is 5.82 Å². The van der Waals surface area contributed by atoms with Gasteiger partial charge in [-0.25, -0.2) is 9.07 Å². The van der Waals surface area contributed by atoms with E-state index in [9.17, 15) is 4.39 Å². The van der Waals surface area contributed by atoms with Crippen LogP contribution in [0.25, 0.3) is 5.69 Å². The van der Waals surface area contributed by atoms with Gasteiger partial charge >= 0.3 is 0 Å². The summed E-state index contributed by atoms with van der Waals surface area (Å²) in [6.07, 6.45) is 3.90. The third kappa shape index (κ3) is 4.03. The molecule has 2 heterocycles. The topological polar surface area (TPSA) is 33.1 Å². The minimum Gasteiger partial charge on any atom is -0.312 e. The first-order chi connectivity index (χ1) is 9.70. The number of nitrogens with zero attached hydrogens (tertiary/aromatic N) is 3. The lowest BCUT2D eigenvalue weighted by atomic mass is 10.2. The third-order valence-electron chi connectivity index (χ3n) is 3.59. The molecule has 4 nitrogen and oxygen atoms in total. The van der Waals surface area contributed by atoms with E-state index in [0.29, 0.717) is 6.04 Å². The van der Waals surface area contributed by atoms with Crippen molar-refractivity contribution in [1.82, 2.24) is 20.0 Å². The molecule has 1 aliphatic rings. The molecular formula is C15H20ClFN4. The van der Waals surface area contributed by atoms with E-state index < -0.39 is 0 Å². The molecule has 6 heteroatoms. The number of piperazine rings is 1. The van der Waals surface area contributed by atoms with Gasteiger partial charge in [-0.1, -0.05) is 0 Å². The molecule has 1 saturated heterocycles. The van der Waals surface area contributed by atoms with Crippen molar-refractivity contribution in [2.24, 2.45) is 0 Å². The molecule has 0 radical (unpaired) electrons.